The second kappa shape index (κ2) is 6.06. The maximum Gasteiger partial charge on any atom is 0.435 e. The van der Waals surface area contributed by atoms with E-state index in [1.54, 1.807) is 4.90 Å². The summed E-state index contributed by atoms with van der Waals surface area (Å²) in [6.07, 6.45) is -1.55. The van der Waals surface area contributed by atoms with Gasteiger partial charge >= 0.3 is 6.18 Å². The van der Waals surface area contributed by atoms with Crippen LogP contribution >= 0.6 is 0 Å². The van der Waals surface area contributed by atoms with Crippen LogP contribution in [0.3, 0.4) is 0 Å². The Labute approximate surface area is 131 Å². The third-order valence-electron chi connectivity index (χ3n) is 3.99. The lowest BCUT2D eigenvalue weighted by Crippen LogP contribution is -2.33. The van der Waals surface area contributed by atoms with Crippen molar-refractivity contribution >= 4 is 5.91 Å². The van der Waals surface area contributed by atoms with Crippen LogP contribution in [0.2, 0.25) is 0 Å². The maximum atomic E-state index is 12.6. The molecule has 1 aliphatic heterocycles. The summed E-state index contributed by atoms with van der Waals surface area (Å²) in [5, 5.41) is 3.43. The molecule has 0 radical (unpaired) electrons. The maximum absolute atomic E-state index is 12.6. The van der Waals surface area contributed by atoms with E-state index in [0.29, 0.717) is 6.54 Å². The third-order valence-corrected chi connectivity index (χ3v) is 3.99. The van der Waals surface area contributed by atoms with Crippen molar-refractivity contribution in [3.63, 3.8) is 0 Å². The van der Waals surface area contributed by atoms with Gasteiger partial charge in [0.05, 0.1) is 6.04 Å². The molecule has 4 nitrogen and oxygen atoms in total. The van der Waals surface area contributed by atoms with E-state index in [9.17, 15) is 18.0 Å². The molecule has 23 heavy (non-hydrogen) atoms. The fourth-order valence-electron chi connectivity index (χ4n) is 2.92. The normalized spacial score (nSPS) is 18.4. The number of carbonyl (C=O) groups is 1. The van der Waals surface area contributed by atoms with Gasteiger partial charge in [0.15, 0.2) is 5.69 Å². The molecule has 7 heteroatoms. The van der Waals surface area contributed by atoms with E-state index in [1.807, 2.05) is 30.3 Å². The minimum atomic E-state index is -4.49. The number of benzene rings is 1. The van der Waals surface area contributed by atoms with Crippen LogP contribution in [-0.2, 0) is 17.5 Å². The Bertz CT molecular complexity index is 681. The predicted molar refractivity (Wildman–Crippen MR) is 77.4 cm³/mol. The number of alkyl halides is 3. The van der Waals surface area contributed by atoms with Crippen molar-refractivity contribution in [3.8, 4) is 0 Å². The van der Waals surface area contributed by atoms with Crippen LogP contribution in [0.4, 0.5) is 13.2 Å². The summed E-state index contributed by atoms with van der Waals surface area (Å²) in [6, 6.07) is 10.5. The molecule has 3 rings (SSSR count). The molecule has 1 unspecified atom stereocenters. The van der Waals surface area contributed by atoms with Crippen LogP contribution in [0.5, 0.6) is 0 Å². The average molecular weight is 323 g/mol. The smallest absolute Gasteiger partial charge is 0.334 e. The number of nitrogens with zero attached hydrogens (tertiary/aromatic N) is 3. The Balaban J connectivity index is 1.71. The zero-order valence-corrected chi connectivity index (χ0v) is 12.3. The Hall–Kier alpha value is -2.31. The molecule has 0 bridgehead atoms. The number of halogens is 3. The average Bonchev–Trinajstić information content (AvgIpc) is 3.16. The highest BCUT2D eigenvalue weighted by atomic mass is 19.4. The molecule has 0 aliphatic carbocycles. The van der Waals surface area contributed by atoms with Gasteiger partial charge in [-0.3, -0.25) is 9.48 Å². The van der Waals surface area contributed by atoms with Crippen LogP contribution in [0.25, 0.3) is 0 Å². The summed E-state index contributed by atoms with van der Waals surface area (Å²) in [7, 11) is 0. The molecular weight excluding hydrogens is 307 g/mol. The topological polar surface area (TPSA) is 38.1 Å². The Morgan fingerprint density at radius 2 is 1.96 bits per heavy atom. The lowest BCUT2D eigenvalue weighted by Gasteiger charge is -2.25. The van der Waals surface area contributed by atoms with Crippen molar-refractivity contribution in [1.82, 2.24) is 14.7 Å². The van der Waals surface area contributed by atoms with Crippen LogP contribution in [-0.4, -0.2) is 27.1 Å². The summed E-state index contributed by atoms with van der Waals surface area (Å²) in [5.74, 6) is -0.215. The Morgan fingerprint density at radius 3 is 2.61 bits per heavy atom. The number of hydrogen-bond donors (Lipinski definition) is 0. The van der Waals surface area contributed by atoms with Gasteiger partial charge in [0, 0.05) is 12.7 Å². The third kappa shape index (κ3) is 3.38. The largest absolute Gasteiger partial charge is 0.435 e. The first-order valence-corrected chi connectivity index (χ1v) is 7.40. The van der Waals surface area contributed by atoms with Crippen molar-refractivity contribution in [3.05, 3.63) is 53.9 Å². The highest BCUT2D eigenvalue weighted by Gasteiger charge is 2.34. The lowest BCUT2D eigenvalue weighted by molar-refractivity contribution is -0.142. The van der Waals surface area contributed by atoms with Crippen molar-refractivity contribution in [2.75, 3.05) is 6.54 Å². The predicted octanol–water partition coefficient (Wildman–Crippen LogP) is 3.27. The minimum Gasteiger partial charge on any atom is -0.334 e. The molecular formula is C16H16F3N3O. The second-order valence-electron chi connectivity index (χ2n) is 5.55. The molecule has 1 aliphatic rings. The number of carbonyl (C=O) groups excluding carboxylic acids is 1. The van der Waals surface area contributed by atoms with Gasteiger partial charge in [-0.1, -0.05) is 30.3 Å². The van der Waals surface area contributed by atoms with Gasteiger partial charge in [0.2, 0.25) is 5.91 Å². The highest BCUT2D eigenvalue weighted by molar-refractivity contribution is 5.76. The summed E-state index contributed by atoms with van der Waals surface area (Å²) >= 11 is 0. The van der Waals surface area contributed by atoms with Crippen LogP contribution in [0, 0.1) is 0 Å². The molecule has 0 spiro atoms. The van der Waals surface area contributed by atoms with E-state index in [2.05, 4.69) is 5.10 Å². The van der Waals surface area contributed by atoms with Crippen LogP contribution in [0.15, 0.2) is 42.6 Å². The van der Waals surface area contributed by atoms with Crippen molar-refractivity contribution in [1.29, 1.82) is 0 Å². The van der Waals surface area contributed by atoms with E-state index in [4.69, 9.17) is 0 Å². The second-order valence-corrected chi connectivity index (χ2v) is 5.55. The first-order valence-electron chi connectivity index (χ1n) is 7.40. The van der Waals surface area contributed by atoms with Gasteiger partial charge in [-0.2, -0.15) is 18.3 Å². The fraction of sp³-hybridized carbons (Fsp3) is 0.375. The number of amides is 1. The summed E-state index contributed by atoms with van der Waals surface area (Å²) in [4.78, 5) is 14.2. The van der Waals surface area contributed by atoms with E-state index in [1.165, 1.54) is 6.20 Å². The van der Waals surface area contributed by atoms with Gasteiger partial charge in [0.1, 0.15) is 6.54 Å². The monoisotopic (exact) mass is 323 g/mol. The molecule has 1 amide bonds. The molecule has 1 fully saturated rings. The lowest BCUT2D eigenvalue weighted by atomic mass is 10.0. The highest BCUT2D eigenvalue weighted by Crippen LogP contribution is 2.32. The number of hydrogen-bond acceptors (Lipinski definition) is 2. The molecule has 122 valence electrons. The number of likely N-dealkylation sites (tertiary alicyclic amines) is 1. The minimum absolute atomic E-state index is 0.0126. The molecule has 0 N–H and O–H groups in total. The SMILES string of the molecule is O=C(Cn1ccc(C(F)(F)F)n1)N1CCCC1c1ccccc1. The van der Waals surface area contributed by atoms with Gasteiger partial charge in [-0.25, -0.2) is 0 Å². The van der Waals surface area contributed by atoms with Crippen LogP contribution < -0.4 is 0 Å². The van der Waals surface area contributed by atoms with Gasteiger partial charge in [0.25, 0.3) is 0 Å². The van der Waals surface area contributed by atoms with Gasteiger partial charge in [-0.15, -0.1) is 0 Å². The molecule has 1 atom stereocenters. The standard InChI is InChI=1S/C16H16F3N3O/c17-16(18,19)14-8-10-21(20-14)11-15(23)22-9-4-7-13(22)12-5-2-1-3-6-12/h1-3,5-6,8,10,13H,4,7,9,11H2. The molecule has 1 aromatic carbocycles. The Morgan fingerprint density at radius 1 is 1.22 bits per heavy atom. The summed E-state index contributed by atoms with van der Waals surface area (Å²) in [5.41, 5.74) is 0.0705. The van der Waals surface area contributed by atoms with E-state index in [-0.39, 0.29) is 18.5 Å². The van der Waals surface area contributed by atoms with Gasteiger partial charge < -0.3 is 4.90 Å². The first kappa shape index (κ1) is 15.6. The van der Waals surface area contributed by atoms with Crippen molar-refractivity contribution in [2.24, 2.45) is 0 Å². The van der Waals surface area contributed by atoms with Crippen LogP contribution in [0.1, 0.15) is 30.1 Å². The zero-order chi connectivity index (χ0) is 16.4. The quantitative estimate of drug-likeness (QED) is 0.869. The molecule has 2 aromatic rings. The van der Waals surface area contributed by atoms with E-state index >= 15 is 0 Å². The van der Waals surface area contributed by atoms with Gasteiger partial charge in [-0.05, 0) is 24.5 Å². The van der Waals surface area contributed by atoms with E-state index < -0.39 is 11.9 Å². The fourth-order valence-corrected chi connectivity index (χ4v) is 2.92. The molecule has 1 saturated heterocycles. The molecule has 1 aromatic heterocycles. The first-order chi connectivity index (χ1) is 10.9. The Kier molecular flexibility index (Phi) is 4.11. The van der Waals surface area contributed by atoms with Crippen molar-refractivity contribution < 1.29 is 18.0 Å². The number of rotatable bonds is 3. The molecule has 0 saturated carbocycles. The van der Waals surface area contributed by atoms with E-state index in [0.717, 1.165) is 29.2 Å². The van der Waals surface area contributed by atoms with Crippen molar-refractivity contribution in [2.45, 2.75) is 31.6 Å². The zero-order valence-electron chi connectivity index (χ0n) is 12.3. The molecule has 2 heterocycles. The number of aromatic nitrogens is 2. The summed E-state index contributed by atoms with van der Waals surface area (Å²) in [6.45, 7) is 0.436. The summed E-state index contributed by atoms with van der Waals surface area (Å²) < 4.78 is 38.7.